The Kier molecular flexibility index (Phi) is 3.46. The molecule has 2 saturated heterocycles. The minimum Gasteiger partial charge on any atom is -0.449 e. The average molecular weight is 212 g/mol. The number of hydrogen-bond acceptors (Lipinski definition) is 3. The molecule has 4 nitrogen and oxygen atoms in total. The van der Waals surface area contributed by atoms with Crippen LogP contribution in [-0.4, -0.2) is 43.3 Å². The van der Waals surface area contributed by atoms with Crippen molar-refractivity contribution < 1.29 is 9.53 Å². The van der Waals surface area contributed by atoms with Gasteiger partial charge in [-0.1, -0.05) is 0 Å². The molecule has 0 saturated carbocycles. The lowest BCUT2D eigenvalue weighted by Gasteiger charge is -2.38. The maximum Gasteiger partial charge on any atom is 0.410 e. The Morgan fingerprint density at radius 1 is 1.53 bits per heavy atom. The summed E-state index contributed by atoms with van der Waals surface area (Å²) in [5.41, 5.74) is 0. The first kappa shape index (κ1) is 10.7. The fourth-order valence-electron chi connectivity index (χ4n) is 2.48. The van der Waals surface area contributed by atoms with E-state index in [0.29, 0.717) is 18.6 Å². The highest BCUT2D eigenvalue weighted by molar-refractivity contribution is 5.68. The Morgan fingerprint density at radius 3 is 3.07 bits per heavy atom. The van der Waals surface area contributed by atoms with Gasteiger partial charge in [0.05, 0.1) is 6.61 Å². The van der Waals surface area contributed by atoms with Crippen LogP contribution in [0, 0.1) is 5.92 Å². The summed E-state index contributed by atoms with van der Waals surface area (Å²) >= 11 is 0. The summed E-state index contributed by atoms with van der Waals surface area (Å²) in [5.74, 6) is 0.587. The van der Waals surface area contributed by atoms with Gasteiger partial charge in [0, 0.05) is 12.6 Å². The standard InChI is InChI=1S/C11H20N2O2/c1-9(10-4-2-5-12-8-10)13-6-3-7-15-11(13)14/h9-10,12H,2-8H2,1H3. The first-order valence-electron chi connectivity index (χ1n) is 5.93. The van der Waals surface area contributed by atoms with Crippen molar-refractivity contribution in [2.45, 2.75) is 32.2 Å². The molecule has 2 rings (SSSR count). The molecule has 86 valence electrons. The van der Waals surface area contributed by atoms with Crippen LogP contribution in [0.1, 0.15) is 26.2 Å². The zero-order valence-corrected chi connectivity index (χ0v) is 9.37. The first-order valence-corrected chi connectivity index (χ1v) is 5.93. The predicted molar refractivity (Wildman–Crippen MR) is 57.7 cm³/mol. The minimum absolute atomic E-state index is 0.126. The van der Waals surface area contributed by atoms with Crippen LogP contribution < -0.4 is 5.32 Å². The van der Waals surface area contributed by atoms with Crippen molar-refractivity contribution in [3.63, 3.8) is 0 Å². The molecule has 0 aliphatic carbocycles. The maximum absolute atomic E-state index is 11.6. The van der Waals surface area contributed by atoms with Crippen molar-refractivity contribution >= 4 is 6.09 Å². The van der Waals surface area contributed by atoms with Gasteiger partial charge >= 0.3 is 6.09 Å². The van der Waals surface area contributed by atoms with Crippen molar-refractivity contribution in [1.29, 1.82) is 0 Å². The summed E-state index contributed by atoms with van der Waals surface area (Å²) in [6.07, 6.45) is 3.28. The molecule has 0 spiro atoms. The lowest BCUT2D eigenvalue weighted by molar-refractivity contribution is 0.0428. The maximum atomic E-state index is 11.6. The number of nitrogens with one attached hydrogen (secondary N) is 1. The molecule has 1 amide bonds. The number of amides is 1. The third-order valence-corrected chi connectivity index (χ3v) is 3.51. The van der Waals surface area contributed by atoms with Gasteiger partial charge in [-0.3, -0.25) is 0 Å². The summed E-state index contributed by atoms with van der Waals surface area (Å²) in [6, 6.07) is 0.311. The SMILES string of the molecule is CC(C1CCCNC1)N1CCCOC1=O. The molecular weight excluding hydrogens is 192 g/mol. The van der Waals surface area contributed by atoms with Crippen LogP contribution in [0.3, 0.4) is 0 Å². The van der Waals surface area contributed by atoms with Crippen molar-refractivity contribution in [3.8, 4) is 0 Å². The molecule has 0 aromatic heterocycles. The van der Waals surface area contributed by atoms with E-state index < -0.39 is 0 Å². The van der Waals surface area contributed by atoms with Crippen molar-refractivity contribution in [2.24, 2.45) is 5.92 Å². The van der Waals surface area contributed by atoms with E-state index >= 15 is 0 Å². The summed E-state index contributed by atoms with van der Waals surface area (Å²) in [4.78, 5) is 13.5. The fourth-order valence-corrected chi connectivity index (χ4v) is 2.48. The zero-order chi connectivity index (χ0) is 10.7. The van der Waals surface area contributed by atoms with Crippen LogP contribution in [0.4, 0.5) is 4.79 Å². The second kappa shape index (κ2) is 4.84. The lowest BCUT2D eigenvalue weighted by atomic mass is 9.91. The fraction of sp³-hybridized carbons (Fsp3) is 0.909. The smallest absolute Gasteiger partial charge is 0.410 e. The first-order chi connectivity index (χ1) is 7.29. The molecule has 2 atom stereocenters. The third kappa shape index (κ3) is 2.43. The van der Waals surface area contributed by atoms with Crippen LogP contribution in [-0.2, 0) is 4.74 Å². The Hall–Kier alpha value is -0.770. The molecule has 2 aliphatic heterocycles. The number of rotatable bonds is 2. The largest absolute Gasteiger partial charge is 0.449 e. The van der Waals surface area contributed by atoms with Gasteiger partial charge < -0.3 is 15.0 Å². The van der Waals surface area contributed by atoms with E-state index in [2.05, 4.69) is 12.2 Å². The van der Waals surface area contributed by atoms with Crippen molar-refractivity contribution in [1.82, 2.24) is 10.2 Å². The molecule has 4 heteroatoms. The molecule has 1 N–H and O–H groups in total. The van der Waals surface area contributed by atoms with E-state index in [0.717, 1.165) is 26.1 Å². The second-order valence-electron chi connectivity index (χ2n) is 4.51. The van der Waals surface area contributed by atoms with E-state index in [1.54, 1.807) is 0 Å². The van der Waals surface area contributed by atoms with Gasteiger partial charge in [0.25, 0.3) is 0 Å². The topological polar surface area (TPSA) is 41.6 Å². The summed E-state index contributed by atoms with van der Waals surface area (Å²) in [5, 5.41) is 3.39. The highest BCUT2D eigenvalue weighted by atomic mass is 16.6. The Morgan fingerprint density at radius 2 is 2.40 bits per heavy atom. The molecule has 0 bridgehead atoms. The van der Waals surface area contributed by atoms with Crippen LogP contribution in [0.5, 0.6) is 0 Å². The Labute approximate surface area is 91.0 Å². The summed E-state index contributed by atoms with van der Waals surface area (Å²) in [7, 11) is 0. The van der Waals surface area contributed by atoms with E-state index in [-0.39, 0.29) is 6.09 Å². The number of nitrogens with zero attached hydrogens (tertiary/aromatic N) is 1. The summed E-state index contributed by atoms with van der Waals surface area (Å²) < 4.78 is 5.07. The summed E-state index contributed by atoms with van der Waals surface area (Å²) in [6.45, 7) is 5.74. The van der Waals surface area contributed by atoms with Crippen molar-refractivity contribution in [3.05, 3.63) is 0 Å². The molecule has 2 heterocycles. The highest BCUT2D eigenvalue weighted by Crippen LogP contribution is 2.21. The zero-order valence-electron chi connectivity index (χ0n) is 9.37. The number of carbonyl (C=O) groups is 1. The Bertz CT molecular complexity index is 227. The van der Waals surface area contributed by atoms with Gasteiger partial charge in [-0.2, -0.15) is 0 Å². The van der Waals surface area contributed by atoms with E-state index in [1.165, 1.54) is 12.8 Å². The molecule has 0 radical (unpaired) electrons. The Balaban J connectivity index is 1.92. The number of ether oxygens (including phenoxy) is 1. The average Bonchev–Trinajstić information content (AvgIpc) is 2.30. The minimum atomic E-state index is -0.126. The number of carbonyl (C=O) groups excluding carboxylic acids is 1. The van der Waals surface area contributed by atoms with Gasteiger partial charge in [-0.15, -0.1) is 0 Å². The van der Waals surface area contributed by atoms with E-state index in [1.807, 2.05) is 4.90 Å². The van der Waals surface area contributed by atoms with Crippen molar-refractivity contribution in [2.75, 3.05) is 26.2 Å². The van der Waals surface area contributed by atoms with Gasteiger partial charge in [0.1, 0.15) is 0 Å². The predicted octanol–water partition coefficient (Wildman–Crippen LogP) is 1.22. The molecule has 0 aromatic carbocycles. The molecular formula is C11H20N2O2. The molecule has 0 aromatic rings. The van der Waals surface area contributed by atoms with Crippen LogP contribution >= 0.6 is 0 Å². The van der Waals surface area contributed by atoms with Crippen LogP contribution in [0.2, 0.25) is 0 Å². The quantitative estimate of drug-likeness (QED) is 0.748. The monoisotopic (exact) mass is 212 g/mol. The number of cyclic esters (lactones) is 1. The number of hydrogen-bond donors (Lipinski definition) is 1. The number of piperidine rings is 1. The molecule has 2 fully saturated rings. The van der Waals surface area contributed by atoms with E-state index in [4.69, 9.17) is 4.74 Å². The third-order valence-electron chi connectivity index (χ3n) is 3.51. The van der Waals surface area contributed by atoms with Crippen LogP contribution in [0.15, 0.2) is 0 Å². The molecule has 15 heavy (non-hydrogen) atoms. The van der Waals surface area contributed by atoms with E-state index in [9.17, 15) is 4.79 Å². The van der Waals surface area contributed by atoms with Gasteiger partial charge in [-0.05, 0) is 45.2 Å². The van der Waals surface area contributed by atoms with Gasteiger partial charge in [0.2, 0.25) is 0 Å². The molecule has 2 aliphatic rings. The lowest BCUT2D eigenvalue weighted by Crippen LogP contribution is -2.50. The van der Waals surface area contributed by atoms with Gasteiger partial charge in [0.15, 0.2) is 0 Å². The van der Waals surface area contributed by atoms with Crippen LogP contribution in [0.25, 0.3) is 0 Å². The van der Waals surface area contributed by atoms with Gasteiger partial charge in [-0.25, -0.2) is 4.79 Å². The second-order valence-corrected chi connectivity index (χ2v) is 4.51. The normalized spacial score (nSPS) is 29.8. The highest BCUT2D eigenvalue weighted by Gasteiger charge is 2.30. The molecule has 2 unspecified atom stereocenters.